The molecule has 0 radical (unpaired) electrons. The molecule has 3 rings (SSSR count). The van der Waals surface area contributed by atoms with Crippen LogP contribution in [0.1, 0.15) is 24.0 Å². The summed E-state index contributed by atoms with van der Waals surface area (Å²) in [7, 11) is 0. The second kappa shape index (κ2) is 3.62. The molecule has 1 saturated carbocycles. The minimum absolute atomic E-state index is 0.796. The van der Waals surface area contributed by atoms with E-state index in [0.29, 0.717) is 0 Å². The molecule has 1 N–H and O–H groups in total. The highest BCUT2D eigenvalue weighted by Crippen LogP contribution is 2.28. The van der Waals surface area contributed by atoms with Crippen LogP contribution >= 0.6 is 11.3 Å². The predicted octanol–water partition coefficient (Wildman–Crippen LogP) is 3.46. The van der Waals surface area contributed by atoms with Crippen molar-refractivity contribution in [1.29, 1.82) is 0 Å². The third-order valence-electron chi connectivity index (χ3n) is 2.97. The van der Waals surface area contributed by atoms with Crippen molar-refractivity contribution in [3.8, 4) is 0 Å². The second-order valence-corrected chi connectivity index (χ2v) is 5.33. The number of hydrogen-bond acceptors (Lipinski definition) is 2. The van der Waals surface area contributed by atoms with E-state index in [0.717, 1.165) is 12.6 Å². The van der Waals surface area contributed by atoms with Gasteiger partial charge in [-0.15, -0.1) is 11.3 Å². The fourth-order valence-corrected chi connectivity index (χ4v) is 2.82. The van der Waals surface area contributed by atoms with Crippen molar-refractivity contribution >= 4 is 21.4 Å². The number of fused-ring (bicyclic) bond motifs is 1. The average molecular weight is 217 g/mol. The lowest BCUT2D eigenvalue weighted by molar-refractivity contribution is 0.692. The molecule has 2 heteroatoms. The quantitative estimate of drug-likeness (QED) is 0.830. The fraction of sp³-hybridized carbons (Fsp3) is 0.385. The van der Waals surface area contributed by atoms with Gasteiger partial charge in [-0.25, -0.2) is 0 Å². The maximum atomic E-state index is 3.58. The van der Waals surface area contributed by atoms with Gasteiger partial charge in [-0.05, 0) is 42.2 Å². The molecular formula is C13H15NS. The van der Waals surface area contributed by atoms with Gasteiger partial charge in [0, 0.05) is 17.3 Å². The van der Waals surface area contributed by atoms with E-state index in [1.807, 2.05) is 11.3 Å². The highest BCUT2D eigenvalue weighted by Gasteiger charge is 2.20. The summed E-state index contributed by atoms with van der Waals surface area (Å²) in [5, 5.41) is 7.31. The Kier molecular flexibility index (Phi) is 2.26. The van der Waals surface area contributed by atoms with E-state index in [4.69, 9.17) is 0 Å². The van der Waals surface area contributed by atoms with Gasteiger partial charge < -0.3 is 5.32 Å². The normalized spacial score (nSPS) is 16.1. The molecule has 1 nitrogen and oxygen atoms in total. The third kappa shape index (κ3) is 1.92. The van der Waals surface area contributed by atoms with E-state index in [-0.39, 0.29) is 0 Å². The van der Waals surface area contributed by atoms with Gasteiger partial charge in [-0.3, -0.25) is 0 Å². The molecule has 0 aliphatic heterocycles. The van der Waals surface area contributed by atoms with Gasteiger partial charge in [0.15, 0.2) is 0 Å². The number of nitrogens with one attached hydrogen (secondary N) is 1. The summed E-state index contributed by atoms with van der Waals surface area (Å²) in [6.45, 7) is 3.20. The van der Waals surface area contributed by atoms with Gasteiger partial charge in [-0.1, -0.05) is 17.7 Å². The van der Waals surface area contributed by atoms with Crippen LogP contribution in [0.15, 0.2) is 23.6 Å². The minimum atomic E-state index is 0.796. The van der Waals surface area contributed by atoms with E-state index >= 15 is 0 Å². The Bertz CT molecular complexity index is 482. The van der Waals surface area contributed by atoms with E-state index < -0.39 is 0 Å². The van der Waals surface area contributed by atoms with Crippen LogP contribution in [0, 0.1) is 6.92 Å². The third-order valence-corrected chi connectivity index (χ3v) is 3.98. The highest BCUT2D eigenvalue weighted by atomic mass is 32.1. The molecule has 78 valence electrons. The Labute approximate surface area is 94.1 Å². The molecule has 1 aliphatic rings. The Morgan fingerprint density at radius 3 is 3.07 bits per heavy atom. The van der Waals surface area contributed by atoms with E-state index in [2.05, 4.69) is 35.8 Å². The van der Waals surface area contributed by atoms with Crippen LogP contribution in [0.2, 0.25) is 0 Å². The van der Waals surface area contributed by atoms with Crippen molar-refractivity contribution in [1.82, 2.24) is 5.32 Å². The van der Waals surface area contributed by atoms with Gasteiger partial charge in [0.25, 0.3) is 0 Å². The largest absolute Gasteiger partial charge is 0.310 e. The summed E-state index contributed by atoms with van der Waals surface area (Å²) in [5.41, 5.74) is 2.82. The molecule has 0 amide bonds. The van der Waals surface area contributed by atoms with Gasteiger partial charge in [0.2, 0.25) is 0 Å². The maximum Gasteiger partial charge on any atom is 0.0346 e. The van der Waals surface area contributed by atoms with E-state index in [9.17, 15) is 0 Å². The number of benzene rings is 1. The molecule has 1 heterocycles. The molecule has 1 aromatic carbocycles. The molecule has 0 bridgehead atoms. The second-order valence-electron chi connectivity index (χ2n) is 4.42. The Balaban J connectivity index is 1.91. The highest BCUT2D eigenvalue weighted by molar-refractivity contribution is 7.17. The molecule has 15 heavy (non-hydrogen) atoms. The van der Waals surface area contributed by atoms with Gasteiger partial charge in [-0.2, -0.15) is 0 Å². The first-order valence-corrected chi connectivity index (χ1v) is 6.41. The van der Waals surface area contributed by atoms with Crippen molar-refractivity contribution in [2.75, 3.05) is 0 Å². The standard InChI is InChI=1S/C13H15NS/c1-9-2-5-13-12(6-9)10(8-15-13)7-14-11-3-4-11/h2,5-6,8,11,14H,3-4,7H2,1H3. The molecule has 0 saturated heterocycles. The molecule has 1 aliphatic carbocycles. The summed E-state index contributed by atoms with van der Waals surface area (Å²) in [6, 6.07) is 7.52. The lowest BCUT2D eigenvalue weighted by atomic mass is 10.1. The van der Waals surface area contributed by atoms with Crippen molar-refractivity contribution in [2.45, 2.75) is 32.4 Å². The number of thiophene rings is 1. The SMILES string of the molecule is Cc1ccc2scc(CNC3CC3)c2c1. The topological polar surface area (TPSA) is 12.0 Å². The minimum Gasteiger partial charge on any atom is -0.310 e. The zero-order valence-corrected chi connectivity index (χ0v) is 9.73. The fourth-order valence-electron chi connectivity index (χ4n) is 1.87. The first-order valence-electron chi connectivity index (χ1n) is 5.53. The van der Waals surface area contributed by atoms with Crippen LogP contribution < -0.4 is 5.32 Å². The number of aryl methyl sites for hydroxylation is 1. The Morgan fingerprint density at radius 1 is 1.40 bits per heavy atom. The van der Waals surface area contributed by atoms with Gasteiger partial charge in [0.1, 0.15) is 0 Å². The van der Waals surface area contributed by atoms with Crippen molar-refractivity contribution in [2.24, 2.45) is 0 Å². The molecular weight excluding hydrogens is 202 g/mol. The van der Waals surface area contributed by atoms with Crippen LogP contribution in [0.5, 0.6) is 0 Å². The summed E-state index contributed by atoms with van der Waals surface area (Å²) < 4.78 is 1.41. The zero-order chi connectivity index (χ0) is 10.3. The number of hydrogen-bond donors (Lipinski definition) is 1. The Hall–Kier alpha value is -0.860. The first-order chi connectivity index (χ1) is 7.33. The van der Waals surface area contributed by atoms with E-state index in [1.165, 1.54) is 34.1 Å². The van der Waals surface area contributed by atoms with Crippen molar-refractivity contribution < 1.29 is 0 Å². The van der Waals surface area contributed by atoms with Gasteiger partial charge >= 0.3 is 0 Å². The van der Waals surface area contributed by atoms with Crippen molar-refractivity contribution in [3.63, 3.8) is 0 Å². The van der Waals surface area contributed by atoms with Crippen LogP contribution in [-0.4, -0.2) is 6.04 Å². The lowest BCUT2D eigenvalue weighted by Crippen LogP contribution is -2.14. The summed E-state index contributed by atoms with van der Waals surface area (Å²) in [6.07, 6.45) is 2.72. The van der Waals surface area contributed by atoms with Crippen LogP contribution in [0.25, 0.3) is 10.1 Å². The molecule has 0 spiro atoms. The monoisotopic (exact) mass is 217 g/mol. The summed E-state index contributed by atoms with van der Waals surface area (Å²) in [4.78, 5) is 0. The van der Waals surface area contributed by atoms with Crippen LogP contribution in [0.3, 0.4) is 0 Å². The average Bonchev–Trinajstić information content (AvgIpc) is 2.97. The van der Waals surface area contributed by atoms with Crippen LogP contribution in [-0.2, 0) is 6.54 Å². The first kappa shape index (κ1) is 9.37. The molecule has 0 atom stereocenters. The summed E-state index contributed by atoms with van der Waals surface area (Å²) in [5.74, 6) is 0. The molecule has 0 unspecified atom stereocenters. The van der Waals surface area contributed by atoms with Gasteiger partial charge in [0.05, 0.1) is 0 Å². The number of rotatable bonds is 3. The van der Waals surface area contributed by atoms with Crippen molar-refractivity contribution in [3.05, 3.63) is 34.7 Å². The molecule has 1 fully saturated rings. The zero-order valence-electron chi connectivity index (χ0n) is 8.92. The molecule has 1 aromatic heterocycles. The summed E-state index contributed by atoms with van der Waals surface area (Å²) >= 11 is 1.85. The predicted molar refractivity (Wildman–Crippen MR) is 66.4 cm³/mol. The maximum absolute atomic E-state index is 3.58. The lowest BCUT2D eigenvalue weighted by Gasteiger charge is -2.01. The smallest absolute Gasteiger partial charge is 0.0346 e. The Morgan fingerprint density at radius 2 is 2.27 bits per heavy atom. The van der Waals surface area contributed by atoms with Crippen LogP contribution in [0.4, 0.5) is 0 Å². The van der Waals surface area contributed by atoms with E-state index in [1.54, 1.807) is 0 Å². The molecule has 2 aromatic rings.